The highest BCUT2D eigenvalue weighted by atomic mass is 79.9. The minimum absolute atomic E-state index is 0.115. The molecule has 0 radical (unpaired) electrons. The lowest BCUT2D eigenvalue weighted by atomic mass is 10.1. The Morgan fingerprint density at radius 3 is 2.62 bits per heavy atom. The molecule has 0 unspecified atom stereocenters. The van der Waals surface area contributed by atoms with E-state index in [1.807, 2.05) is 19.2 Å². The van der Waals surface area contributed by atoms with Crippen LogP contribution in [0.3, 0.4) is 0 Å². The lowest BCUT2D eigenvalue weighted by Gasteiger charge is -2.22. The highest BCUT2D eigenvalue weighted by Crippen LogP contribution is 2.28. The molecule has 2 rings (SSSR count). The third kappa shape index (κ3) is 4.04. The molecule has 0 fully saturated rings. The lowest BCUT2D eigenvalue weighted by molar-refractivity contribution is -0.384. The average Bonchev–Trinajstić information content (AvgIpc) is 2.46. The average molecular weight is 414 g/mol. The van der Waals surface area contributed by atoms with E-state index < -0.39 is 0 Å². The van der Waals surface area contributed by atoms with E-state index in [1.54, 1.807) is 18.2 Å². The number of non-ortho nitro benzene ring substituents is 1. The molecular formula is C15H14Br2N2O2. The Morgan fingerprint density at radius 2 is 2.00 bits per heavy atom. The van der Waals surface area contributed by atoms with Gasteiger partial charge in [0.05, 0.1) is 4.92 Å². The highest BCUT2D eigenvalue weighted by Gasteiger charge is 2.13. The van der Waals surface area contributed by atoms with E-state index >= 15 is 0 Å². The van der Waals surface area contributed by atoms with Crippen molar-refractivity contribution in [3.63, 3.8) is 0 Å². The van der Waals surface area contributed by atoms with Crippen LogP contribution in [-0.4, -0.2) is 12.0 Å². The fourth-order valence-corrected chi connectivity index (χ4v) is 3.06. The standard InChI is InChI=1S/C15H14Br2N2O2/c1-18(10-11-3-2-4-13(17)7-11)15-6-5-14(19(20)21)8-12(15)9-16/h2-8H,9-10H2,1H3. The molecule has 0 aliphatic carbocycles. The zero-order chi connectivity index (χ0) is 15.4. The third-order valence-electron chi connectivity index (χ3n) is 3.14. The lowest BCUT2D eigenvalue weighted by Crippen LogP contribution is -2.17. The number of rotatable bonds is 5. The van der Waals surface area contributed by atoms with Crippen LogP contribution in [0, 0.1) is 10.1 Å². The van der Waals surface area contributed by atoms with Crippen LogP contribution in [0.2, 0.25) is 0 Å². The van der Waals surface area contributed by atoms with Gasteiger partial charge in [0, 0.05) is 41.2 Å². The summed E-state index contributed by atoms with van der Waals surface area (Å²) in [4.78, 5) is 12.6. The Labute approximate surface area is 140 Å². The van der Waals surface area contributed by atoms with Gasteiger partial charge in [-0.15, -0.1) is 0 Å². The molecule has 4 nitrogen and oxygen atoms in total. The van der Waals surface area contributed by atoms with Gasteiger partial charge in [0.1, 0.15) is 0 Å². The van der Waals surface area contributed by atoms with Crippen molar-refractivity contribution in [2.24, 2.45) is 0 Å². The molecule has 2 aromatic carbocycles. The van der Waals surface area contributed by atoms with Crippen molar-refractivity contribution < 1.29 is 4.92 Å². The monoisotopic (exact) mass is 412 g/mol. The second-order valence-electron chi connectivity index (χ2n) is 4.69. The van der Waals surface area contributed by atoms with Crippen molar-refractivity contribution in [3.05, 3.63) is 68.2 Å². The Balaban J connectivity index is 2.26. The molecule has 21 heavy (non-hydrogen) atoms. The van der Waals surface area contributed by atoms with Gasteiger partial charge < -0.3 is 4.90 Å². The fraction of sp³-hybridized carbons (Fsp3) is 0.200. The van der Waals surface area contributed by atoms with E-state index in [-0.39, 0.29) is 10.6 Å². The van der Waals surface area contributed by atoms with Crippen molar-refractivity contribution in [3.8, 4) is 0 Å². The van der Waals surface area contributed by atoms with E-state index in [1.165, 1.54) is 5.56 Å². The van der Waals surface area contributed by atoms with E-state index in [0.29, 0.717) is 5.33 Å². The van der Waals surface area contributed by atoms with Gasteiger partial charge in [0.2, 0.25) is 0 Å². The molecule has 2 aromatic rings. The van der Waals surface area contributed by atoms with E-state index in [4.69, 9.17) is 0 Å². The molecule has 0 heterocycles. The van der Waals surface area contributed by atoms with Gasteiger partial charge in [-0.05, 0) is 29.3 Å². The van der Waals surface area contributed by atoms with Crippen LogP contribution >= 0.6 is 31.9 Å². The summed E-state index contributed by atoms with van der Waals surface area (Å²) in [5.74, 6) is 0. The molecule has 0 aliphatic heterocycles. The van der Waals surface area contributed by atoms with Crippen molar-refractivity contribution >= 4 is 43.2 Å². The van der Waals surface area contributed by atoms with Gasteiger partial charge in [0.25, 0.3) is 5.69 Å². The maximum Gasteiger partial charge on any atom is 0.269 e. The Hall–Kier alpha value is -1.40. The summed E-state index contributed by atoms with van der Waals surface area (Å²) in [5.41, 5.74) is 3.17. The topological polar surface area (TPSA) is 46.4 Å². The SMILES string of the molecule is CN(Cc1cccc(Br)c1)c1ccc([N+](=O)[O-])cc1CBr. The second kappa shape index (κ2) is 7.04. The quantitative estimate of drug-likeness (QED) is 0.398. The molecule has 0 amide bonds. The normalized spacial score (nSPS) is 10.4. The van der Waals surface area contributed by atoms with E-state index in [2.05, 4.69) is 48.9 Å². The zero-order valence-electron chi connectivity index (χ0n) is 11.4. The summed E-state index contributed by atoms with van der Waals surface area (Å²) >= 11 is 6.86. The first-order chi connectivity index (χ1) is 10.0. The zero-order valence-corrected chi connectivity index (χ0v) is 14.6. The molecule has 0 N–H and O–H groups in total. The largest absolute Gasteiger partial charge is 0.370 e. The number of hydrogen-bond acceptors (Lipinski definition) is 3. The predicted octanol–water partition coefficient (Wildman–Crippen LogP) is 4.89. The molecule has 0 bridgehead atoms. The number of anilines is 1. The fourth-order valence-electron chi connectivity index (χ4n) is 2.16. The third-order valence-corrected chi connectivity index (χ3v) is 4.24. The van der Waals surface area contributed by atoms with Crippen molar-refractivity contribution in [1.29, 1.82) is 0 Å². The smallest absolute Gasteiger partial charge is 0.269 e. The van der Waals surface area contributed by atoms with Gasteiger partial charge in [-0.1, -0.05) is 44.0 Å². The number of nitrogens with zero attached hydrogens (tertiary/aromatic N) is 2. The molecule has 6 heteroatoms. The van der Waals surface area contributed by atoms with E-state index in [9.17, 15) is 10.1 Å². The van der Waals surface area contributed by atoms with Crippen molar-refractivity contribution in [1.82, 2.24) is 0 Å². The molecule has 0 aromatic heterocycles. The maximum atomic E-state index is 10.9. The molecule has 0 aliphatic rings. The molecule has 110 valence electrons. The van der Waals surface area contributed by atoms with Crippen molar-refractivity contribution in [2.75, 3.05) is 11.9 Å². The van der Waals surface area contributed by atoms with Crippen LogP contribution < -0.4 is 4.90 Å². The van der Waals surface area contributed by atoms with E-state index in [0.717, 1.165) is 22.3 Å². The number of nitro benzene ring substituents is 1. The predicted molar refractivity (Wildman–Crippen MR) is 92.0 cm³/mol. The molecule has 0 spiro atoms. The highest BCUT2D eigenvalue weighted by molar-refractivity contribution is 9.10. The van der Waals surface area contributed by atoms with Gasteiger partial charge >= 0.3 is 0 Å². The van der Waals surface area contributed by atoms with Crippen molar-refractivity contribution in [2.45, 2.75) is 11.9 Å². The van der Waals surface area contributed by atoms with Crippen LogP contribution in [0.15, 0.2) is 46.9 Å². The van der Waals surface area contributed by atoms with Gasteiger partial charge in [-0.2, -0.15) is 0 Å². The number of alkyl halides is 1. The first-order valence-electron chi connectivity index (χ1n) is 6.30. The first kappa shape index (κ1) is 16.0. The second-order valence-corrected chi connectivity index (χ2v) is 6.17. The van der Waals surface area contributed by atoms with Gasteiger partial charge in [-0.3, -0.25) is 10.1 Å². The summed E-state index contributed by atoms with van der Waals surface area (Å²) in [6.07, 6.45) is 0. The summed E-state index contributed by atoms with van der Waals surface area (Å²) in [6, 6.07) is 13.1. The summed E-state index contributed by atoms with van der Waals surface area (Å²) in [6.45, 7) is 0.733. The number of halogens is 2. The molecular weight excluding hydrogens is 400 g/mol. The Bertz CT molecular complexity index is 662. The van der Waals surface area contributed by atoms with Gasteiger partial charge in [0.15, 0.2) is 0 Å². The summed E-state index contributed by atoms with van der Waals surface area (Å²) < 4.78 is 1.04. The summed E-state index contributed by atoms with van der Waals surface area (Å²) in [7, 11) is 1.98. The Morgan fingerprint density at radius 1 is 1.24 bits per heavy atom. The van der Waals surface area contributed by atoms with Crippen LogP contribution in [0.1, 0.15) is 11.1 Å². The molecule has 0 atom stereocenters. The molecule has 0 saturated heterocycles. The minimum atomic E-state index is -0.371. The number of benzene rings is 2. The molecule has 0 saturated carbocycles. The number of nitro groups is 1. The van der Waals surface area contributed by atoms with Gasteiger partial charge in [-0.25, -0.2) is 0 Å². The first-order valence-corrected chi connectivity index (χ1v) is 8.21. The van der Waals surface area contributed by atoms with Crippen LogP contribution in [-0.2, 0) is 11.9 Å². The van der Waals surface area contributed by atoms with Crippen LogP contribution in [0.5, 0.6) is 0 Å². The van der Waals surface area contributed by atoms with Crippen LogP contribution in [0.4, 0.5) is 11.4 Å². The summed E-state index contributed by atoms with van der Waals surface area (Å²) in [5, 5.41) is 11.4. The number of hydrogen-bond donors (Lipinski definition) is 0. The van der Waals surface area contributed by atoms with Crippen LogP contribution in [0.25, 0.3) is 0 Å². The minimum Gasteiger partial charge on any atom is -0.370 e. The maximum absolute atomic E-state index is 10.9. The Kier molecular flexibility index (Phi) is 5.36.